The minimum Gasteiger partial charge on any atom is -0.478 e. The molecule has 0 bridgehead atoms. The van der Waals surface area contributed by atoms with Crippen LogP contribution < -0.4 is 0 Å². The van der Waals surface area contributed by atoms with Crippen molar-refractivity contribution in [1.82, 2.24) is 4.98 Å². The number of hydrogen-bond donors (Lipinski definition) is 3. The van der Waals surface area contributed by atoms with E-state index in [1.807, 2.05) is 0 Å². The summed E-state index contributed by atoms with van der Waals surface area (Å²) >= 11 is 0. The van der Waals surface area contributed by atoms with Crippen molar-refractivity contribution >= 4 is 11.9 Å². The van der Waals surface area contributed by atoms with Crippen molar-refractivity contribution in [2.75, 3.05) is 0 Å². The molecule has 0 amide bonds. The third-order valence-electron chi connectivity index (χ3n) is 1.19. The van der Waals surface area contributed by atoms with Crippen LogP contribution in [-0.2, 0) is 0 Å². The topological polar surface area (TPSA) is 122 Å². The first-order valence-electron chi connectivity index (χ1n) is 2.77. The molecule has 0 aliphatic rings. The van der Waals surface area contributed by atoms with Gasteiger partial charge >= 0.3 is 11.9 Å². The molecule has 0 fully saturated rings. The Hall–Kier alpha value is -1.82. The van der Waals surface area contributed by atoms with Crippen LogP contribution in [0, 0.1) is 0 Å². The van der Waals surface area contributed by atoms with E-state index < -0.39 is 11.9 Å². The van der Waals surface area contributed by atoms with Gasteiger partial charge in [-0.3, -0.25) is 0 Å². The van der Waals surface area contributed by atoms with Gasteiger partial charge in [0.05, 0.1) is 5.56 Å². The number of hydrogen-bond acceptors (Lipinski definition) is 2. The van der Waals surface area contributed by atoms with Gasteiger partial charge in [0.1, 0.15) is 5.69 Å². The predicted octanol–water partition coefficient (Wildman–Crippen LogP) is -0.414. The van der Waals surface area contributed by atoms with Gasteiger partial charge in [-0.2, -0.15) is 0 Å². The number of H-pyrrole nitrogens is 1. The Labute approximate surface area is 66.8 Å². The Kier molecular flexibility index (Phi) is 3.00. The average molecular weight is 173 g/mol. The highest BCUT2D eigenvalue weighted by molar-refractivity contribution is 6.00. The van der Waals surface area contributed by atoms with E-state index in [4.69, 9.17) is 10.2 Å². The summed E-state index contributed by atoms with van der Waals surface area (Å²) in [6, 6.07) is 1.20. The van der Waals surface area contributed by atoms with Crippen molar-refractivity contribution in [2.45, 2.75) is 0 Å². The van der Waals surface area contributed by atoms with Gasteiger partial charge in [0, 0.05) is 6.20 Å². The molecule has 0 unspecified atom stereocenters. The highest BCUT2D eigenvalue weighted by Crippen LogP contribution is 2.05. The average Bonchev–Trinajstić information content (AvgIpc) is 2.32. The summed E-state index contributed by atoms with van der Waals surface area (Å²) in [5, 5.41) is 16.8. The van der Waals surface area contributed by atoms with Gasteiger partial charge < -0.3 is 20.7 Å². The molecule has 1 aromatic heterocycles. The monoisotopic (exact) mass is 173 g/mol. The second-order valence-corrected chi connectivity index (χ2v) is 1.88. The summed E-state index contributed by atoms with van der Waals surface area (Å²) in [6.07, 6.45) is 1.27. The number of aromatic carboxylic acids is 2. The molecule has 0 aliphatic carbocycles. The second kappa shape index (κ2) is 3.54. The number of carboxylic acid groups (broad SMARTS) is 2. The van der Waals surface area contributed by atoms with Crippen molar-refractivity contribution in [3.63, 3.8) is 0 Å². The normalized spacial score (nSPS) is 8.67. The molecule has 0 radical (unpaired) electrons. The van der Waals surface area contributed by atoms with E-state index in [2.05, 4.69) is 4.98 Å². The molecule has 0 spiro atoms. The van der Waals surface area contributed by atoms with Crippen LogP contribution in [0.4, 0.5) is 0 Å². The van der Waals surface area contributed by atoms with Crippen molar-refractivity contribution in [2.24, 2.45) is 0 Å². The first-order valence-corrected chi connectivity index (χ1v) is 2.77. The molecular formula is C6H7NO5. The third-order valence-corrected chi connectivity index (χ3v) is 1.19. The van der Waals surface area contributed by atoms with E-state index in [9.17, 15) is 9.59 Å². The number of rotatable bonds is 2. The summed E-state index contributed by atoms with van der Waals surface area (Å²) in [4.78, 5) is 22.9. The van der Waals surface area contributed by atoms with Crippen LogP contribution in [0.1, 0.15) is 20.8 Å². The first-order chi connectivity index (χ1) is 5.13. The predicted molar refractivity (Wildman–Crippen MR) is 38.3 cm³/mol. The molecular weight excluding hydrogens is 166 g/mol. The molecule has 0 saturated carbocycles. The molecule has 0 aromatic carbocycles. The fourth-order valence-electron chi connectivity index (χ4n) is 0.725. The van der Waals surface area contributed by atoms with E-state index in [-0.39, 0.29) is 16.7 Å². The molecule has 1 rings (SSSR count). The fourth-order valence-corrected chi connectivity index (χ4v) is 0.725. The second-order valence-electron chi connectivity index (χ2n) is 1.88. The summed E-state index contributed by atoms with van der Waals surface area (Å²) in [6.45, 7) is 0. The number of aromatic amines is 1. The number of nitrogens with one attached hydrogen (secondary N) is 1. The highest BCUT2D eigenvalue weighted by atomic mass is 16.4. The van der Waals surface area contributed by atoms with Crippen LogP contribution in [0.5, 0.6) is 0 Å². The minimum absolute atomic E-state index is 0. The SMILES string of the molecule is O.O=C(O)c1cc[nH]c1C(=O)O. The molecule has 1 heterocycles. The minimum atomic E-state index is -1.27. The van der Waals surface area contributed by atoms with Gasteiger partial charge in [-0.15, -0.1) is 0 Å². The van der Waals surface area contributed by atoms with Crippen LogP contribution in [0.2, 0.25) is 0 Å². The first kappa shape index (κ1) is 10.2. The van der Waals surface area contributed by atoms with E-state index in [0.29, 0.717) is 0 Å². The van der Waals surface area contributed by atoms with Crippen LogP contribution >= 0.6 is 0 Å². The Morgan fingerprint density at radius 3 is 2.17 bits per heavy atom. The lowest BCUT2D eigenvalue weighted by Crippen LogP contribution is -2.05. The molecule has 6 nitrogen and oxygen atoms in total. The summed E-state index contributed by atoms with van der Waals surface area (Å²) < 4.78 is 0. The Bertz CT molecular complexity index is 274. The van der Waals surface area contributed by atoms with Gasteiger partial charge in [0.25, 0.3) is 0 Å². The zero-order valence-electron chi connectivity index (χ0n) is 5.87. The number of carboxylic acids is 2. The Morgan fingerprint density at radius 1 is 1.25 bits per heavy atom. The zero-order chi connectivity index (χ0) is 8.43. The summed E-state index contributed by atoms with van der Waals surface area (Å²) in [5.41, 5.74) is -0.519. The fraction of sp³-hybridized carbons (Fsp3) is 0. The van der Waals surface area contributed by atoms with E-state index >= 15 is 0 Å². The van der Waals surface area contributed by atoms with Gasteiger partial charge in [-0.1, -0.05) is 0 Å². The van der Waals surface area contributed by atoms with Crippen molar-refractivity contribution < 1.29 is 25.3 Å². The standard InChI is InChI=1S/C6H5NO4.H2O/c8-5(9)3-1-2-7-4(3)6(10)11;/h1-2,7H,(H,8,9)(H,10,11);1H2. The summed E-state index contributed by atoms with van der Waals surface area (Å²) in [7, 11) is 0. The Morgan fingerprint density at radius 2 is 1.83 bits per heavy atom. The van der Waals surface area contributed by atoms with E-state index in [0.717, 1.165) is 0 Å². The van der Waals surface area contributed by atoms with Crippen LogP contribution in [-0.4, -0.2) is 32.6 Å². The van der Waals surface area contributed by atoms with Crippen LogP contribution in [0.15, 0.2) is 12.3 Å². The quantitative estimate of drug-likeness (QED) is 0.562. The molecule has 66 valence electrons. The maximum absolute atomic E-state index is 10.3. The van der Waals surface area contributed by atoms with E-state index in [1.54, 1.807) is 0 Å². The molecule has 0 atom stereocenters. The number of aromatic nitrogens is 1. The van der Waals surface area contributed by atoms with Crippen molar-refractivity contribution in [3.05, 3.63) is 23.5 Å². The van der Waals surface area contributed by atoms with Gasteiger partial charge in [0.15, 0.2) is 0 Å². The summed E-state index contributed by atoms with van der Waals surface area (Å²) in [5.74, 6) is -2.52. The van der Waals surface area contributed by atoms with Gasteiger partial charge in [-0.25, -0.2) is 9.59 Å². The maximum Gasteiger partial charge on any atom is 0.353 e. The largest absolute Gasteiger partial charge is 0.478 e. The lowest BCUT2D eigenvalue weighted by Gasteiger charge is -1.90. The van der Waals surface area contributed by atoms with Gasteiger partial charge in [0.2, 0.25) is 0 Å². The number of carbonyl (C=O) groups is 2. The molecule has 1 aromatic rings. The molecule has 0 saturated heterocycles. The maximum atomic E-state index is 10.3. The third kappa shape index (κ3) is 1.61. The van der Waals surface area contributed by atoms with Crippen molar-refractivity contribution in [3.8, 4) is 0 Å². The lowest BCUT2D eigenvalue weighted by atomic mass is 10.2. The smallest absolute Gasteiger partial charge is 0.353 e. The van der Waals surface area contributed by atoms with Gasteiger partial charge in [-0.05, 0) is 6.07 Å². The lowest BCUT2D eigenvalue weighted by molar-refractivity contribution is 0.0648. The Balaban J connectivity index is 0.00000121. The van der Waals surface area contributed by atoms with Crippen molar-refractivity contribution in [1.29, 1.82) is 0 Å². The van der Waals surface area contributed by atoms with Crippen LogP contribution in [0.3, 0.4) is 0 Å². The van der Waals surface area contributed by atoms with E-state index in [1.165, 1.54) is 12.3 Å². The molecule has 6 heteroatoms. The van der Waals surface area contributed by atoms with Crippen LogP contribution in [0.25, 0.3) is 0 Å². The highest BCUT2D eigenvalue weighted by Gasteiger charge is 2.15. The molecule has 5 N–H and O–H groups in total. The zero-order valence-corrected chi connectivity index (χ0v) is 5.87. The molecule has 0 aliphatic heterocycles. The molecule has 12 heavy (non-hydrogen) atoms.